The Morgan fingerprint density at radius 1 is 1.18 bits per heavy atom. The van der Waals surface area contributed by atoms with Gasteiger partial charge in [-0.3, -0.25) is 9.69 Å². The van der Waals surface area contributed by atoms with Crippen molar-refractivity contribution in [1.29, 1.82) is 0 Å². The van der Waals surface area contributed by atoms with Crippen molar-refractivity contribution in [3.63, 3.8) is 0 Å². The first kappa shape index (κ1) is 23.4. The van der Waals surface area contributed by atoms with Gasteiger partial charge in [0.2, 0.25) is 0 Å². The summed E-state index contributed by atoms with van der Waals surface area (Å²) in [7, 11) is 0. The molecule has 0 aromatic rings. The lowest BCUT2D eigenvalue weighted by atomic mass is 9.56. The number of aliphatic hydroxyl groups is 1. The molecule has 2 saturated heterocycles. The van der Waals surface area contributed by atoms with Gasteiger partial charge in [-0.1, -0.05) is 30.6 Å². The van der Waals surface area contributed by atoms with Gasteiger partial charge < -0.3 is 9.84 Å². The number of aliphatic hydroxyl groups excluding tert-OH is 1. The molecule has 2 aliphatic heterocycles. The highest BCUT2D eigenvalue weighted by Crippen LogP contribution is 2.64. The Balaban J connectivity index is 1.31. The second kappa shape index (κ2) is 8.02. The van der Waals surface area contributed by atoms with E-state index in [0.29, 0.717) is 29.6 Å². The number of hydrogen-bond donors (Lipinski definition) is 1. The molecule has 4 aliphatic carbocycles. The van der Waals surface area contributed by atoms with Gasteiger partial charge in [-0.05, 0) is 107 Å². The minimum atomic E-state index is -0.0909. The molecule has 34 heavy (non-hydrogen) atoms. The zero-order chi connectivity index (χ0) is 23.9. The molecule has 6 aliphatic rings. The van der Waals surface area contributed by atoms with Crippen LogP contribution in [0.5, 0.6) is 0 Å². The lowest BCUT2D eigenvalue weighted by Crippen LogP contribution is -2.55. The molecule has 4 nitrogen and oxygen atoms in total. The van der Waals surface area contributed by atoms with E-state index in [-0.39, 0.29) is 23.2 Å². The lowest BCUT2D eigenvalue weighted by Gasteiger charge is -2.48. The number of allylic oxidation sites excluding steroid dienone is 3. The number of rotatable bonds is 2. The molecule has 1 N–H and O–H groups in total. The smallest absolute Gasteiger partial charge is 0.155 e. The molecule has 2 saturated carbocycles. The van der Waals surface area contributed by atoms with Crippen LogP contribution >= 0.6 is 0 Å². The molecule has 6 rings (SSSR count). The summed E-state index contributed by atoms with van der Waals surface area (Å²) in [4.78, 5) is 14.7. The zero-order valence-corrected chi connectivity index (χ0v) is 21.9. The maximum Gasteiger partial charge on any atom is 0.155 e. The summed E-state index contributed by atoms with van der Waals surface area (Å²) in [5.74, 6) is 3.04. The minimum absolute atomic E-state index is 0.0602. The third-order valence-electron chi connectivity index (χ3n) is 11.7. The average Bonchev–Trinajstić information content (AvgIpc) is 3.22. The van der Waals surface area contributed by atoms with E-state index >= 15 is 0 Å². The Kier molecular flexibility index (Phi) is 5.52. The molecule has 0 radical (unpaired) electrons. The maximum absolute atomic E-state index is 12.2. The number of fused-ring (bicyclic) bond motifs is 6. The first-order chi connectivity index (χ1) is 16.2. The van der Waals surface area contributed by atoms with Crippen LogP contribution in [0.15, 0.2) is 22.8 Å². The highest BCUT2D eigenvalue weighted by atomic mass is 16.5. The fourth-order valence-electron chi connectivity index (χ4n) is 10.1. The summed E-state index contributed by atoms with van der Waals surface area (Å²) in [6, 6.07) is 0.415. The highest BCUT2D eigenvalue weighted by molar-refractivity contribution is 5.91. The Hall–Kier alpha value is -0.970. The first-order valence-electron chi connectivity index (χ1n) is 14.2. The van der Waals surface area contributed by atoms with Gasteiger partial charge in [0.05, 0.1) is 17.8 Å². The van der Waals surface area contributed by atoms with Gasteiger partial charge in [0, 0.05) is 24.9 Å². The summed E-state index contributed by atoms with van der Waals surface area (Å²) < 4.78 is 7.24. The number of carbonyl (C=O) groups excluding carboxylic acids is 1. The van der Waals surface area contributed by atoms with Crippen LogP contribution in [0, 0.1) is 29.1 Å². The van der Waals surface area contributed by atoms with Crippen molar-refractivity contribution >= 4 is 5.78 Å². The van der Waals surface area contributed by atoms with Gasteiger partial charge in [-0.25, -0.2) is 0 Å². The van der Waals surface area contributed by atoms with Crippen LogP contribution in [0.1, 0.15) is 91.9 Å². The Morgan fingerprint density at radius 3 is 2.79 bits per heavy atom. The largest absolute Gasteiger partial charge is 0.395 e. The molecular formula is C30H45NO3. The lowest BCUT2D eigenvalue weighted by molar-refractivity contribution is -0.130. The van der Waals surface area contributed by atoms with E-state index in [2.05, 4.69) is 32.6 Å². The number of carbonyl (C=O) groups is 1. The van der Waals surface area contributed by atoms with Gasteiger partial charge in [-0.15, -0.1) is 0 Å². The van der Waals surface area contributed by atoms with Crippen LogP contribution in [0.25, 0.3) is 0 Å². The van der Waals surface area contributed by atoms with Crippen molar-refractivity contribution in [2.45, 2.75) is 109 Å². The highest BCUT2D eigenvalue weighted by Gasteiger charge is 2.62. The van der Waals surface area contributed by atoms with Gasteiger partial charge in [0.1, 0.15) is 0 Å². The van der Waals surface area contributed by atoms with E-state index in [4.69, 9.17) is 4.74 Å². The van der Waals surface area contributed by atoms with Gasteiger partial charge in [0.25, 0.3) is 0 Å². The van der Waals surface area contributed by atoms with Crippen LogP contribution in [0.2, 0.25) is 0 Å². The van der Waals surface area contributed by atoms with Crippen LogP contribution in [0.4, 0.5) is 0 Å². The molecule has 188 valence electrons. The fraction of sp³-hybridized carbons (Fsp3) is 0.833. The number of likely N-dealkylation sites (tertiary alicyclic amines) is 1. The van der Waals surface area contributed by atoms with Crippen LogP contribution in [-0.4, -0.2) is 52.7 Å². The van der Waals surface area contributed by atoms with Crippen molar-refractivity contribution < 1.29 is 14.6 Å². The van der Waals surface area contributed by atoms with E-state index in [9.17, 15) is 9.90 Å². The number of hydrogen-bond acceptors (Lipinski definition) is 4. The molecule has 0 amide bonds. The summed E-state index contributed by atoms with van der Waals surface area (Å²) in [5.41, 5.74) is 4.92. The van der Waals surface area contributed by atoms with E-state index in [1.54, 1.807) is 11.1 Å². The second-order valence-corrected chi connectivity index (χ2v) is 13.3. The SMILES string of the molecule is CC1=C2C[C@H]3[C@@H](CCC4=CC(=O)CC[C@@]43C)[C@@H]2CCC2(C1)OC1(C)CCCN(CCO)[C@H]1[C@H]2C. The monoisotopic (exact) mass is 467 g/mol. The van der Waals surface area contributed by atoms with Gasteiger partial charge in [0.15, 0.2) is 5.78 Å². The van der Waals surface area contributed by atoms with Crippen molar-refractivity contribution in [1.82, 2.24) is 4.90 Å². The molecule has 4 heteroatoms. The average molecular weight is 468 g/mol. The van der Waals surface area contributed by atoms with Crippen molar-refractivity contribution in [2.75, 3.05) is 19.7 Å². The van der Waals surface area contributed by atoms with E-state index in [1.165, 1.54) is 37.7 Å². The van der Waals surface area contributed by atoms with Crippen LogP contribution < -0.4 is 0 Å². The molecule has 0 bridgehead atoms. The summed E-state index contributed by atoms with van der Waals surface area (Å²) >= 11 is 0. The number of ether oxygens (including phenoxy) is 1. The Bertz CT molecular complexity index is 935. The van der Waals surface area contributed by atoms with E-state index in [1.807, 2.05) is 6.08 Å². The normalized spacial score (nSPS) is 48.8. The quantitative estimate of drug-likeness (QED) is 0.549. The van der Waals surface area contributed by atoms with Crippen LogP contribution in [0.3, 0.4) is 0 Å². The summed E-state index contributed by atoms with van der Waals surface area (Å²) in [5, 5.41) is 9.72. The number of nitrogens with zero attached hydrogens (tertiary/aromatic N) is 1. The third-order valence-corrected chi connectivity index (χ3v) is 11.7. The van der Waals surface area contributed by atoms with E-state index in [0.717, 1.165) is 51.1 Å². The molecule has 2 heterocycles. The van der Waals surface area contributed by atoms with Gasteiger partial charge >= 0.3 is 0 Å². The summed E-state index contributed by atoms with van der Waals surface area (Å²) in [6.45, 7) is 11.8. The number of β-amino-alcohol motifs (C(OH)–C–C–N with tert-alkyl or cyclic N) is 1. The maximum atomic E-state index is 12.2. The predicted molar refractivity (Wildman–Crippen MR) is 134 cm³/mol. The molecule has 0 aromatic carbocycles. The molecular weight excluding hydrogens is 422 g/mol. The molecule has 0 aromatic heterocycles. The van der Waals surface area contributed by atoms with Crippen molar-refractivity contribution in [3.05, 3.63) is 22.8 Å². The van der Waals surface area contributed by atoms with Crippen LogP contribution in [-0.2, 0) is 9.53 Å². The standard InChI is InChI=1S/C30H45NO3/c1-19-18-30(20(2)27-29(4,34-30)10-5-13-31(27)14-15-32)12-9-23-24-7-6-21-16-22(33)8-11-28(21,3)26(24)17-25(19)23/h16,20,23-24,26-27,32H,5-15,17-18H2,1-4H3/t20-,23+,24+,26+,27+,28+,29?,30?/m1/s1. The molecule has 4 fully saturated rings. The predicted octanol–water partition coefficient (Wildman–Crippen LogP) is 5.45. The topological polar surface area (TPSA) is 49.8 Å². The van der Waals surface area contributed by atoms with E-state index < -0.39 is 0 Å². The van der Waals surface area contributed by atoms with Crippen molar-refractivity contribution in [3.8, 4) is 0 Å². The Morgan fingerprint density at radius 2 is 2.00 bits per heavy atom. The Labute approximate surface area is 206 Å². The van der Waals surface area contributed by atoms with Crippen molar-refractivity contribution in [2.24, 2.45) is 29.1 Å². The zero-order valence-electron chi connectivity index (χ0n) is 21.9. The minimum Gasteiger partial charge on any atom is -0.395 e. The third kappa shape index (κ3) is 3.23. The first-order valence-corrected chi connectivity index (χ1v) is 14.2. The number of ketones is 1. The summed E-state index contributed by atoms with van der Waals surface area (Å²) in [6.07, 6.45) is 13.3. The molecule has 1 spiro atoms. The molecule has 8 atom stereocenters. The fourth-order valence-corrected chi connectivity index (χ4v) is 10.1. The second-order valence-electron chi connectivity index (χ2n) is 13.3. The molecule has 2 unspecified atom stereocenters. The van der Waals surface area contributed by atoms with Gasteiger partial charge in [-0.2, -0.15) is 0 Å². The number of piperidine rings is 1.